The lowest BCUT2D eigenvalue weighted by atomic mass is 9.86. The molecule has 3 heteroatoms. The number of hydrogen-bond acceptors (Lipinski definition) is 2. The lowest BCUT2D eigenvalue weighted by Gasteiger charge is -2.18. The van der Waals surface area contributed by atoms with Gasteiger partial charge < -0.3 is 9.84 Å². The van der Waals surface area contributed by atoms with Gasteiger partial charge in [-0.25, -0.2) is 4.39 Å². The molecule has 0 amide bonds. The summed E-state index contributed by atoms with van der Waals surface area (Å²) in [6.07, 6.45) is 0.761. The number of aliphatic hydroxyl groups is 1. The summed E-state index contributed by atoms with van der Waals surface area (Å²) in [5.74, 6) is 0.856. The highest BCUT2D eigenvalue weighted by Crippen LogP contribution is 2.39. The first kappa shape index (κ1) is 13.1. The Morgan fingerprint density at radius 1 is 1.20 bits per heavy atom. The maximum absolute atomic E-state index is 13.3. The molecule has 0 saturated carbocycles. The normalized spacial score (nSPS) is 18.4. The molecule has 2 aromatic rings. The predicted molar refractivity (Wildman–Crippen MR) is 75.5 cm³/mol. The Hall–Kier alpha value is -1.87. The maximum Gasteiger partial charge on any atom is 0.123 e. The minimum atomic E-state index is -0.260. The van der Waals surface area contributed by atoms with Gasteiger partial charge in [0.15, 0.2) is 0 Å². The third-order valence-corrected chi connectivity index (χ3v) is 3.91. The van der Waals surface area contributed by atoms with E-state index < -0.39 is 0 Å². The van der Waals surface area contributed by atoms with Gasteiger partial charge in [0.2, 0.25) is 0 Å². The zero-order valence-electron chi connectivity index (χ0n) is 11.1. The van der Waals surface area contributed by atoms with Crippen LogP contribution in [-0.4, -0.2) is 18.3 Å². The summed E-state index contributed by atoms with van der Waals surface area (Å²) in [4.78, 5) is 0. The van der Waals surface area contributed by atoms with Gasteiger partial charge in [-0.2, -0.15) is 0 Å². The Morgan fingerprint density at radius 3 is 2.85 bits per heavy atom. The van der Waals surface area contributed by atoms with E-state index in [1.165, 1.54) is 17.7 Å². The number of ether oxygens (including phenoxy) is 1. The monoisotopic (exact) mass is 272 g/mol. The van der Waals surface area contributed by atoms with Crippen LogP contribution in [0.25, 0.3) is 0 Å². The van der Waals surface area contributed by atoms with Crippen molar-refractivity contribution >= 4 is 0 Å². The van der Waals surface area contributed by atoms with Gasteiger partial charge in [-0.1, -0.05) is 30.3 Å². The molecule has 1 aliphatic rings. The van der Waals surface area contributed by atoms with E-state index in [4.69, 9.17) is 4.74 Å². The van der Waals surface area contributed by atoms with Crippen molar-refractivity contribution in [3.63, 3.8) is 0 Å². The third kappa shape index (κ3) is 2.54. The molecule has 0 saturated heterocycles. The van der Waals surface area contributed by atoms with Gasteiger partial charge in [-0.15, -0.1) is 0 Å². The van der Waals surface area contributed by atoms with Gasteiger partial charge in [0.1, 0.15) is 11.6 Å². The van der Waals surface area contributed by atoms with E-state index in [0.29, 0.717) is 6.61 Å². The number of fused-ring (bicyclic) bond motifs is 1. The van der Waals surface area contributed by atoms with Crippen molar-refractivity contribution in [3.8, 4) is 5.75 Å². The summed E-state index contributed by atoms with van der Waals surface area (Å²) < 4.78 is 19.0. The average Bonchev–Trinajstić information content (AvgIpc) is 2.88. The summed E-state index contributed by atoms with van der Waals surface area (Å²) in [7, 11) is 0. The number of benzene rings is 2. The predicted octanol–water partition coefficient (Wildman–Crippen LogP) is 3.47. The van der Waals surface area contributed by atoms with Crippen molar-refractivity contribution in [2.75, 3.05) is 13.2 Å². The number of aliphatic hydroxyl groups excluding tert-OH is 1. The quantitative estimate of drug-likeness (QED) is 0.923. The Labute approximate surface area is 117 Å². The zero-order chi connectivity index (χ0) is 13.9. The Morgan fingerprint density at radius 2 is 2.05 bits per heavy atom. The molecule has 2 aromatic carbocycles. The van der Waals surface area contributed by atoms with Crippen molar-refractivity contribution in [1.29, 1.82) is 0 Å². The van der Waals surface area contributed by atoms with Gasteiger partial charge in [0.05, 0.1) is 6.61 Å². The Bertz CT molecular complexity index is 597. The summed E-state index contributed by atoms with van der Waals surface area (Å²) in [5.41, 5.74) is 2.03. The lowest BCUT2D eigenvalue weighted by Crippen LogP contribution is -2.11. The van der Waals surface area contributed by atoms with Crippen LogP contribution in [0, 0.1) is 5.82 Å². The van der Waals surface area contributed by atoms with Crippen molar-refractivity contribution in [2.24, 2.45) is 0 Å². The minimum absolute atomic E-state index is 0.0160. The maximum atomic E-state index is 13.3. The fourth-order valence-corrected chi connectivity index (χ4v) is 2.84. The molecule has 0 fully saturated rings. The molecular weight excluding hydrogens is 255 g/mol. The van der Waals surface area contributed by atoms with E-state index >= 15 is 0 Å². The smallest absolute Gasteiger partial charge is 0.123 e. The topological polar surface area (TPSA) is 29.5 Å². The summed E-state index contributed by atoms with van der Waals surface area (Å²) in [5, 5.41) is 9.62. The first-order valence-electron chi connectivity index (χ1n) is 6.86. The first-order valence-corrected chi connectivity index (χ1v) is 6.86. The van der Waals surface area contributed by atoms with Crippen molar-refractivity contribution in [2.45, 2.75) is 18.3 Å². The summed E-state index contributed by atoms with van der Waals surface area (Å²) in [6, 6.07) is 14.5. The fraction of sp³-hybridized carbons (Fsp3) is 0.294. The molecule has 0 bridgehead atoms. The third-order valence-electron chi connectivity index (χ3n) is 3.91. The highest BCUT2D eigenvalue weighted by atomic mass is 19.1. The number of hydrogen-bond donors (Lipinski definition) is 1. The van der Waals surface area contributed by atoms with Crippen LogP contribution in [0.4, 0.5) is 4.39 Å². The van der Waals surface area contributed by atoms with E-state index in [-0.39, 0.29) is 24.3 Å². The fourth-order valence-electron chi connectivity index (χ4n) is 2.84. The molecule has 1 N–H and O–H groups in total. The highest BCUT2D eigenvalue weighted by Gasteiger charge is 2.27. The van der Waals surface area contributed by atoms with Gasteiger partial charge in [-0.05, 0) is 30.2 Å². The first-order chi connectivity index (χ1) is 9.78. The molecule has 20 heavy (non-hydrogen) atoms. The van der Waals surface area contributed by atoms with Crippen LogP contribution >= 0.6 is 0 Å². The number of para-hydroxylation sites is 1. The molecule has 1 heterocycles. The average molecular weight is 272 g/mol. The van der Waals surface area contributed by atoms with Crippen LogP contribution in [0.15, 0.2) is 48.5 Å². The summed E-state index contributed by atoms with van der Waals surface area (Å²) >= 11 is 0. The van der Waals surface area contributed by atoms with Crippen LogP contribution < -0.4 is 4.74 Å². The summed E-state index contributed by atoms with van der Waals surface area (Å²) in [6.45, 7) is 0.646. The van der Waals surface area contributed by atoms with E-state index in [9.17, 15) is 9.50 Å². The van der Waals surface area contributed by atoms with Crippen molar-refractivity contribution in [1.82, 2.24) is 0 Å². The molecule has 104 valence electrons. The van der Waals surface area contributed by atoms with E-state index in [0.717, 1.165) is 17.7 Å². The van der Waals surface area contributed by atoms with Crippen LogP contribution in [0.2, 0.25) is 0 Å². The van der Waals surface area contributed by atoms with E-state index in [2.05, 4.69) is 6.07 Å². The van der Waals surface area contributed by atoms with Crippen LogP contribution in [0.1, 0.15) is 29.4 Å². The number of halogens is 1. The Balaban J connectivity index is 1.80. The molecule has 0 aromatic heterocycles. The lowest BCUT2D eigenvalue weighted by molar-refractivity contribution is 0.243. The van der Waals surface area contributed by atoms with Gasteiger partial charge in [-0.3, -0.25) is 0 Å². The van der Waals surface area contributed by atoms with E-state index in [1.54, 1.807) is 6.07 Å². The molecule has 0 spiro atoms. The second-order valence-electron chi connectivity index (χ2n) is 5.22. The largest absolute Gasteiger partial charge is 0.493 e. The Kier molecular flexibility index (Phi) is 3.70. The second kappa shape index (κ2) is 5.63. The molecule has 2 unspecified atom stereocenters. The number of rotatable bonds is 4. The van der Waals surface area contributed by atoms with Crippen LogP contribution in [-0.2, 0) is 0 Å². The zero-order valence-corrected chi connectivity index (χ0v) is 11.1. The van der Waals surface area contributed by atoms with Gasteiger partial charge in [0, 0.05) is 24.0 Å². The van der Waals surface area contributed by atoms with Crippen molar-refractivity contribution < 1.29 is 14.2 Å². The molecule has 1 aliphatic heterocycles. The van der Waals surface area contributed by atoms with Crippen LogP contribution in [0.5, 0.6) is 5.75 Å². The van der Waals surface area contributed by atoms with Crippen molar-refractivity contribution in [3.05, 3.63) is 65.5 Å². The van der Waals surface area contributed by atoms with Gasteiger partial charge in [0.25, 0.3) is 0 Å². The van der Waals surface area contributed by atoms with Crippen LogP contribution in [0.3, 0.4) is 0 Å². The minimum Gasteiger partial charge on any atom is -0.493 e. The SMILES string of the molecule is OCC(CC1COc2ccccc21)c1cccc(F)c1. The molecule has 3 rings (SSSR count). The molecule has 2 atom stereocenters. The molecule has 0 radical (unpaired) electrons. The molecular formula is C17H17FO2. The second-order valence-corrected chi connectivity index (χ2v) is 5.22. The molecule has 2 nitrogen and oxygen atoms in total. The molecule has 0 aliphatic carbocycles. The highest BCUT2D eigenvalue weighted by molar-refractivity contribution is 5.40. The van der Waals surface area contributed by atoms with Gasteiger partial charge >= 0.3 is 0 Å². The van der Waals surface area contributed by atoms with E-state index in [1.807, 2.05) is 24.3 Å². The standard InChI is InChI=1S/C17H17FO2/c18-15-5-3-4-12(9-15)13(10-19)8-14-11-20-17-7-2-1-6-16(14)17/h1-7,9,13-14,19H,8,10-11H2.